The predicted octanol–water partition coefficient (Wildman–Crippen LogP) is 2.56. The van der Waals surface area contributed by atoms with Crippen molar-refractivity contribution < 1.29 is 32.5 Å². The van der Waals surface area contributed by atoms with E-state index in [1.807, 2.05) is 0 Å². The second kappa shape index (κ2) is 10.2. The van der Waals surface area contributed by atoms with Gasteiger partial charge in [-0.15, -0.1) is 20.4 Å². The van der Waals surface area contributed by atoms with Crippen LogP contribution >= 0.6 is 11.6 Å². The summed E-state index contributed by atoms with van der Waals surface area (Å²) in [4.78, 5) is 12.1. The lowest BCUT2D eigenvalue weighted by Gasteiger charge is -2.24. The molecule has 2 aromatic heterocycles. The molecule has 0 spiro atoms. The molecule has 204 valence electrons. The number of para-hydroxylation sites is 1. The number of halogens is 4. The number of aromatic nitrogens is 7. The number of carboxylic acids is 1. The van der Waals surface area contributed by atoms with Gasteiger partial charge in [0.05, 0.1) is 32.9 Å². The minimum absolute atomic E-state index is 0.0222. The minimum atomic E-state index is -4.81. The number of carbonyl (C=O) groups excluding carboxylic acids is 1. The molecule has 0 fully saturated rings. The third-order valence-electron chi connectivity index (χ3n) is 6.42. The molecule has 39 heavy (non-hydrogen) atoms. The lowest BCUT2D eigenvalue weighted by Crippen LogP contribution is -2.25. The molecule has 0 saturated heterocycles. The van der Waals surface area contributed by atoms with Gasteiger partial charge in [0, 0.05) is 28.4 Å². The van der Waals surface area contributed by atoms with E-state index in [0.29, 0.717) is 27.6 Å². The van der Waals surface area contributed by atoms with Gasteiger partial charge in [0.1, 0.15) is 5.82 Å². The number of nitrogens with zero attached hydrogens (tertiary/aromatic N) is 7. The lowest BCUT2D eigenvalue weighted by atomic mass is 9.83. The van der Waals surface area contributed by atoms with Crippen molar-refractivity contribution >= 4 is 17.6 Å². The Balaban J connectivity index is 1.72. The van der Waals surface area contributed by atoms with Crippen LogP contribution in [-0.4, -0.2) is 55.2 Å². The number of alkyl halides is 3. The van der Waals surface area contributed by atoms with Gasteiger partial charge >= 0.3 is 6.18 Å². The summed E-state index contributed by atoms with van der Waals surface area (Å²) in [6.07, 6.45) is -5.16. The Kier molecular flexibility index (Phi) is 6.89. The van der Waals surface area contributed by atoms with Gasteiger partial charge in [0.15, 0.2) is 17.3 Å². The molecule has 2 aromatic carbocycles. The molecule has 2 unspecified atom stereocenters. The van der Waals surface area contributed by atoms with E-state index in [1.54, 1.807) is 24.3 Å². The maximum atomic E-state index is 14.1. The molecule has 4 aromatic rings. The van der Waals surface area contributed by atoms with Crippen molar-refractivity contribution in [3.8, 4) is 17.2 Å². The molecule has 3 heterocycles. The van der Waals surface area contributed by atoms with E-state index in [4.69, 9.17) is 21.1 Å². The molecule has 1 aliphatic rings. The van der Waals surface area contributed by atoms with Crippen LogP contribution in [0.5, 0.6) is 11.5 Å². The maximum Gasteiger partial charge on any atom is 0.452 e. The maximum absolute atomic E-state index is 14.1. The zero-order valence-electron chi connectivity index (χ0n) is 20.5. The SMILES string of the molecule is COc1cccc(C2CC(Cn3nnc(CC(=O)[O-])n3)c3nnc(C(F)(F)F)n3-c3ccc(Cl)cc32)c1OC. The molecule has 5 rings (SSSR count). The Morgan fingerprint density at radius 1 is 1.13 bits per heavy atom. The largest absolute Gasteiger partial charge is 0.550 e. The van der Waals surface area contributed by atoms with Crippen LogP contribution in [-0.2, 0) is 23.9 Å². The van der Waals surface area contributed by atoms with Gasteiger partial charge in [-0.25, -0.2) is 0 Å². The van der Waals surface area contributed by atoms with Gasteiger partial charge in [-0.3, -0.25) is 4.57 Å². The van der Waals surface area contributed by atoms with E-state index < -0.39 is 36.2 Å². The van der Waals surface area contributed by atoms with Gasteiger partial charge in [-0.2, -0.15) is 18.0 Å². The number of hydrogen-bond donors (Lipinski definition) is 0. The number of methoxy groups -OCH3 is 2. The highest BCUT2D eigenvalue weighted by molar-refractivity contribution is 6.30. The number of aliphatic carboxylic acids is 1. The Labute approximate surface area is 224 Å². The van der Waals surface area contributed by atoms with Gasteiger partial charge in [-0.1, -0.05) is 23.7 Å². The summed E-state index contributed by atoms with van der Waals surface area (Å²) in [6.45, 7) is -0.0689. The first kappa shape index (κ1) is 26.4. The number of carboxylic acid groups (broad SMARTS) is 1. The third-order valence-corrected chi connectivity index (χ3v) is 6.66. The molecule has 0 saturated carbocycles. The van der Waals surface area contributed by atoms with Gasteiger partial charge < -0.3 is 19.4 Å². The fourth-order valence-electron chi connectivity index (χ4n) is 4.89. The van der Waals surface area contributed by atoms with Crippen molar-refractivity contribution in [2.45, 2.75) is 37.4 Å². The van der Waals surface area contributed by atoms with E-state index in [9.17, 15) is 23.1 Å². The number of fused-ring (bicyclic) bond motifs is 3. The average Bonchev–Trinajstić information content (AvgIpc) is 3.50. The van der Waals surface area contributed by atoms with E-state index in [-0.39, 0.29) is 30.3 Å². The van der Waals surface area contributed by atoms with Gasteiger partial charge in [-0.05, 0) is 41.5 Å². The second-order valence-electron chi connectivity index (χ2n) is 8.80. The smallest absolute Gasteiger partial charge is 0.452 e. The van der Waals surface area contributed by atoms with Crippen molar-refractivity contribution in [2.75, 3.05) is 14.2 Å². The summed E-state index contributed by atoms with van der Waals surface area (Å²) in [6, 6.07) is 9.87. The fourth-order valence-corrected chi connectivity index (χ4v) is 5.08. The summed E-state index contributed by atoms with van der Waals surface area (Å²) >= 11 is 6.35. The molecular formula is C24H20ClF3N7O4-. The fraction of sp³-hybridized carbons (Fsp3) is 0.333. The van der Waals surface area contributed by atoms with Crippen LogP contribution in [0.3, 0.4) is 0 Å². The minimum Gasteiger partial charge on any atom is -0.550 e. The highest BCUT2D eigenvalue weighted by atomic mass is 35.5. The average molecular weight is 563 g/mol. The van der Waals surface area contributed by atoms with Gasteiger partial charge in [0.25, 0.3) is 0 Å². The molecule has 0 amide bonds. The molecule has 0 aliphatic carbocycles. The zero-order chi connectivity index (χ0) is 27.9. The van der Waals surface area contributed by atoms with Crippen molar-refractivity contribution in [1.29, 1.82) is 0 Å². The van der Waals surface area contributed by atoms with Crippen LogP contribution in [0.4, 0.5) is 13.2 Å². The summed E-state index contributed by atoms with van der Waals surface area (Å²) in [7, 11) is 2.96. The normalized spacial score (nSPS) is 16.8. The lowest BCUT2D eigenvalue weighted by molar-refractivity contribution is -0.304. The first-order valence-corrected chi connectivity index (χ1v) is 12.0. The number of rotatable bonds is 7. The first-order valence-electron chi connectivity index (χ1n) is 11.6. The quantitative estimate of drug-likeness (QED) is 0.333. The van der Waals surface area contributed by atoms with Crippen LogP contribution in [0.25, 0.3) is 5.69 Å². The monoisotopic (exact) mass is 562 g/mol. The molecule has 1 aliphatic heterocycles. The summed E-state index contributed by atoms with van der Waals surface area (Å²) in [5.41, 5.74) is 1.35. The zero-order valence-corrected chi connectivity index (χ0v) is 21.3. The number of tetrazole rings is 1. The van der Waals surface area contributed by atoms with Crippen molar-refractivity contribution in [1.82, 2.24) is 35.0 Å². The molecule has 11 nitrogen and oxygen atoms in total. The summed E-state index contributed by atoms with van der Waals surface area (Å²) in [5.74, 6) is -3.08. The van der Waals surface area contributed by atoms with E-state index in [2.05, 4.69) is 25.6 Å². The second-order valence-corrected chi connectivity index (χ2v) is 9.23. The number of ether oxygens (including phenoxy) is 2. The van der Waals surface area contributed by atoms with Crippen molar-refractivity contribution in [2.24, 2.45) is 0 Å². The Bertz CT molecular complexity index is 1540. The first-order chi connectivity index (χ1) is 18.6. The van der Waals surface area contributed by atoms with Crippen LogP contribution in [0.1, 0.15) is 46.9 Å². The molecule has 0 N–H and O–H groups in total. The molecular weight excluding hydrogens is 543 g/mol. The van der Waals surface area contributed by atoms with E-state index in [0.717, 1.165) is 9.36 Å². The topological polar surface area (TPSA) is 133 Å². The van der Waals surface area contributed by atoms with E-state index in [1.165, 1.54) is 26.4 Å². The van der Waals surface area contributed by atoms with Crippen LogP contribution in [0, 0.1) is 0 Å². The molecule has 0 radical (unpaired) electrons. The van der Waals surface area contributed by atoms with Crippen molar-refractivity contribution in [3.05, 3.63) is 70.0 Å². The molecule has 0 bridgehead atoms. The predicted molar refractivity (Wildman–Crippen MR) is 127 cm³/mol. The molecule has 15 heteroatoms. The Hall–Kier alpha value is -4.20. The van der Waals surface area contributed by atoms with Crippen LogP contribution < -0.4 is 14.6 Å². The standard InChI is InChI=1S/C24H21ClF3N7O4/c1-38-18-5-3-4-14(21(18)39-2)15-8-12(11-34-32-19(29-33-34)10-20(36)37)22-30-31-23(24(26,27)28)35(22)17-7-6-13(25)9-16(15)17/h3-7,9,12,15H,8,10-11H2,1-2H3,(H,36,37)/p-1. The highest BCUT2D eigenvalue weighted by Gasteiger charge is 2.43. The Morgan fingerprint density at radius 3 is 2.62 bits per heavy atom. The van der Waals surface area contributed by atoms with E-state index >= 15 is 0 Å². The van der Waals surface area contributed by atoms with Crippen LogP contribution in [0.15, 0.2) is 36.4 Å². The number of carbonyl (C=O) groups is 1. The molecule has 2 atom stereocenters. The Morgan fingerprint density at radius 2 is 1.92 bits per heavy atom. The van der Waals surface area contributed by atoms with Crippen LogP contribution in [0.2, 0.25) is 5.02 Å². The highest BCUT2D eigenvalue weighted by Crippen LogP contribution is 2.48. The van der Waals surface area contributed by atoms with Gasteiger partial charge in [0.2, 0.25) is 5.82 Å². The number of benzene rings is 2. The third kappa shape index (κ3) is 4.99. The summed E-state index contributed by atoms with van der Waals surface area (Å²) in [5, 5.41) is 30.4. The number of hydrogen-bond acceptors (Lipinski definition) is 9. The summed E-state index contributed by atoms with van der Waals surface area (Å²) < 4.78 is 54.5. The van der Waals surface area contributed by atoms with Crippen molar-refractivity contribution in [3.63, 3.8) is 0 Å².